The summed E-state index contributed by atoms with van der Waals surface area (Å²) >= 11 is 12.3. The van der Waals surface area contributed by atoms with Crippen molar-refractivity contribution in [2.75, 3.05) is 13.7 Å². The van der Waals surface area contributed by atoms with E-state index in [0.717, 1.165) is 11.1 Å². The van der Waals surface area contributed by atoms with E-state index in [9.17, 15) is 4.79 Å². The van der Waals surface area contributed by atoms with Crippen LogP contribution in [0.2, 0.25) is 10.0 Å². The maximum absolute atomic E-state index is 11.7. The highest BCUT2D eigenvalue weighted by molar-refractivity contribution is 6.37. The number of hydrogen-bond donors (Lipinski definition) is 1. The molecule has 0 heterocycles. The Bertz CT molecular complexity index is 747. The molecule has 0 bridgehead atoms. The van der Waals surface area contributed by atoms with E-state index in [1.807, 2.05) is 12.1 Å². The Morgan fingerprint density at radius 1 is 1.19 bits per heavy atom. The summed E-state index contributed by atoms with van der Waals surface area (Å²) in [7, 11) is 1.57. The molecule has 1 unspecified atom stereocenters. The van der Waals surface area contributed by atoms with Gasteiger partial charge in [-0.15, -0.1) is 0 Å². The molecule has 5 nitrogen and oxygen atoms in total. The quantitative estimate of drug-likeness (QED) is 0.681. The minimum absolute atomic E-state index is 0.203. The molecule has 0 spiro atoms. The van der Waals surface area contributed by atoms with E-state index < -0.39 is 12.0 Å². The number of methoxy groups -OCH3 is 1. The van der Waals surface area contributed by atoms with Crippen molar-refractivity contribution in [3.8, 4) is 11.5 Å². The predicted molar refractivity (Wildman–Crippen MR) is 102 cm³/mol. The van der Waals surface area contributed by atoms with Crippen LogP contribution >= 0.6 is 23.2 Å². The lowest BCUT2D eigenvalue weighted by Crippen LogP contribution is -2.34. The van der Waals surface area contributed by atoms with E-state index in [1.54, 1.807) is 38.3 Å². The summed E-state index contributed by atoms with van der Waals surface area (Å²) in [6.45, 7) is 2.25. The second-order valence-electron chi connectivity index (χ2n) is 5.55. The summed E-state index contributed by atoms with van der Waals surface area (Å²) in [4.78, 5) is 11.7. The first-order valence-electron chi connectivity index (χ1n) is 8.11. The molecule has 26 heavy (non-hydrogen) atoms. The smallest absolute Gasteiger partial charge is 0.323 e. The monoisotopic (exact) mass is 397 g/mol. The van der Waals surface area contributed by atoms with E-state index in [4.69, 9.17) is 43.1 Å². The van der Waals surface area contributed by atoms with Crippen LogP contribution in [0.25, 0.3) is 0 Å². The molecule has 0 fully saturated rings. The SMILES string of the molecule is CCOC(=O)C(N)Cc1ccc(OC)c(COc2c(Cl)cccc2Cl)c1. The van der Waals surface area contributed by atoms with Gasteiger partial charge in [-0.05, 0) is 43.2 Å². The van der Waals surface area contributed by atoms with Crippen LogP contribution in [0, 0.1) is 0 Å². The molecule has 2 aromatic carbocycles. The Labute approximate surface area is 162 Å². The van der Waals surface area contributed by atoms with Gasteiger partial charge in [0.25, 0.3) is 0 Å². The molecule has 0 aliphatic rings. The molecular formula is C19H21Cl2NO4. The first-order chi connectivity index (χ1) is 12.5. The molecule has 0 amide bonds. The van der Waals surface area contributed by atoms with E-state index >= 15 is 0 Å². The van der Waals surface area contributed by atoms with Gasteiger partial charge in [-0.3, -0.25) is 4.79 Å². The molecule has 2 aromatic rings. The number of nitrogens with two attached hydrogens (primary N) is 1. The lowest BCUT2D eigenvalue weighted by Gasteiger charge is -2.15. The van der Waals surface area contributed by atoms with Gasteiger partial charge in [0.1, 0.15) is 18.4 Å². The molecule has 0 radical (unpaired) electrons. The first kappa shape index (κ1) is 20.4. The van der Waals surface area contributed by atoms with Crippen molar-refractivity contribution in [1.29, 1.82) is 0 Å². The van der Waals surface area contributed by atoms with Crippen molar-refractivity contribution < 1.29 is 19.0 Å². The average molecular weight is 398 g/mol. The fourth-order valence-electron chi connectivity index (χ4n) is 2.43. The third-order valence-corrected chi connectivity index (χ3v) is 4.28. The van der Waals surface area contributed by atoms with Crippen LogP contribution in [-0.2, 0) is 22.6 Å². The lowest BCUT2D eigenvalue weighted by molar-refractivity contribution is -0.144. The zero-order valence-corrected chi connectivity index (χ0v) is 16.1. The number of halogens is 2. The van der Waals surface area contributed by atoms with Crippen LogP contribution in [0.5, 0.6) is 11.5 Å². The van der Waals surface area contributed by atoms with Crippen LogP contribution in [0.4, 0.5) is 0 Å². The standard InChI is InChI=1S/C19H21Cl2NO4/c1-3-25-19(23)16(22)10-12-7-8-17(24-2)13(9-12)11-26-18-14(20)5-4-6-15(18)21/h4-9,16H,3,10-11,22H2,1-2H3. The van der Waals surface area contributed by atoms with Gasteiger partial charge in [0.2, 0.25) is 0 Å². The van der Waals surface area contributed by atoms with Crippen molar-refractivity contribution in [2.45, 2.75) is 26.0 Å². The molecule has 0 saturated carbocycles. The first-order valence-corrected chi connectivity index (χ1v) is 8.86. The summed E-state index contributed by atoms with van der Waals surface area (Å²) < 4.78 is 16.1. The number of benzene rings is 2. The normalized spacial score (nSPS) is 11.7. The number of esters is 1. The molecule has 0 aliphatic heterocycles. The Hall–Kier alpha value is -1.95. The highest BCUT2D eigenvalue weighted by Crippen LogP contribution is 2.33. The molecule has 0 saturated heterocycles. The fourth-order valence-corrected chi connectivity index (χ4v) is 2.94. The number of carbonyl (C=O) groups excluding carboxylic acids is 1. The highest BCUT2D eigenvalue weighted by Gasteiger charge is 2.16. The van der Waals surface area contributed by atoms with Gasteiger partial charge in [-0.2, -0.15) is 0 Å². The second kappa shape index (κ2) is 9.67. The van der Waals surface area contributed by atoms with Crippen molar-refractivity contribution in [2.24, 2.45) is 5.73 Å². The third kappa shape index (κ3) is 5.27. The molecule has 140 valence electrons. The highest BCUT2D eigenvalue weighted by atomic mass is 35.5. The Morgan fingerprint density at radius 2 is 1.88 bits per heavy atom. The summed E-state index contributed by atoms with van der Waals surface area (Å²) in [5.41, 5.74) is 7.55. The summed E-state index contributed by atoms with van der Waals surface area (Å²) in [6.07, 6.45) is 0.350. The van der Waals surface area contributed by atoms with E-state index in [-0.39, 0.29) is 6.61 Å². The van der Waals surface area contributed by atoms with Crippen LogP contribution in [0.3, 0.4) is 0 Å². The molecule has 2 rings (SSSR count). The van der Waals surface area contributed by atoms with Crippen LogP contribution in [0.1, 0.15) is 18.1 Å². The van der Waals surface area contributed by atoms with Gasteiger partial charge in [0.05, 0.1) is 23.8 Å². The van der Waals surface area contributed by atoms with Gasteiger partial charge in [-0.1, -0.05) is 35.3 Å². The Morgan fingerprint density at radius 3 is 2.50 bits per heavy atom. The van der Waals surface area contributed by atoms with Crippen LogP contribution in [0.15, 0.2) is 36.4 Å². The van der Waals surface area contributed by atoms with Crippen molar-refractivity contribution in [3.63, 3.8) is 0 Å². The van der Waals surface area contributed by atoms with Crippen LogP contribution in [-0.4, -0.2) is 25.7 Å². The number of carbonyl (C=O) groups is 1. The Balaban J connectivity index is 2.15. The predicted octanol–water partition coefficient (Wildman–Crippen LogP) is 4.01. The molecule has 1 atom stereocenters. The molecule has 0 aromatic heterocycles. The molecule has 2 N–H and O–H groups in total. The number of ether oxygens (including phenoxy) is 3. The van der Waals surface area contributed by atoms with E-state index in [0.29, 0.717) is 34.6 Å². The Kier molecular flexibility index (Phi) is 7.57. The lowest BCUT2D eigenvalue weighted by atomic mass is 10.0. The molecule has 7 heteroatoms. The van der Waals surface area contributed by atoms with Gasteiger partial charge >= 0.3 is 5.97 Å². The largest absolute Gasteiger partial charge is 0.496 e. The van der Waals surface area contributed by atoms with Crippen molar-refractivity contribution >= 4 is 29.2 Å². The van der Waals surface area contributed by atoms with E-state index in [2.05, 4.69) is 0 Å². The number of para-hydroxylation sites is 1. The van der Waals surface area contributed by atoms with Gasteiger partial charge in [0.15, 0.2) is 5.75 Å². The van der Waals surface area contributed by atoms with Crippen molar-refractivity contribution in [1.82, 2.24) is 0 Å². The fraction of sp³-hybridized carbons (Fsp3) is 0.316. The van der Waals surface area contributed by atoms with E-state index in [1.165, 1.54) is 0 Å². The third-order valence-electron chi connectivity index (χ3n) is 3.68. The summed E-state index contributed by atoms with van der Waals surface area (Å²) in [6, 6.07) is 9.96. The van der Waals surface area contributed by atoms with Gasteiger partial charge in [-0.25, -0.2) is 0 Å². The number of hydrogen-bond acceptors (Lipinski definition) is 5. The summed E-state index contributed by atoms with van der Waals surface area (Å²) in [5.74, 6) is 0.636. The maximum atomic E-state index is 11.7. The van der Waals surface area contributed by atoms with Gasteiger partial charge < -0.3 is 19.9 Å². The maximum Gasteiger partial charge on any atom is 0.323 e. The second-order valence-corrected chi connectivity index (χ2v) is 6.36. The summed E-state index contributed by atoms with van der Waals surface area (Å²) in [5, 5.41) is 0.855. The minimum atomic E-state index is -0.727. The zero-order chi connectivity index (χ0) is 19.1. The number of rotatable bonds is 8. The van der Waals surface area contributed by atoms with Crippen LogP contribution < -0.4 is 15.2 Å². The van der Waals surface area contributed by atoms with Crippen molar-refractivity contribution in [3.05, 3.63) is 57.6 Å². The molecular weight excluding hydrogens is 377 g/mol. The molecule has 0 aliphatic carbocycles. The topological polar surface area (TPSA) is 70.8 Å². The average Bonchev–Trinajstić information content (AvgIpc) is 2.61. The van der Waals surface area contributed by atoms with Gasteiger partial charge in [0, 0.05) is 5.56 Å². The minimum Gasteiger partial charge on any atom is -0.496 e. The zero-order valence-electron chi connectivity index (χ0n) is 14.6.